The van der Waals surface area contributed by atoms with Gasteiger partial charge in [0.25, 0.3) is 0 Å². The fourth-order valence-electron chi connectivity index (χ4n) is 2.13. The van der Waals surface area contributed by atoms with E-state index >= 15 is 0 Å². The Balaban J connectivity index is 2.10. The predicted octanol–water partition coefficient (Wildman–Crippen LogP) is 2.86. The highest BCUT2D eigenvalue weighted by Gasteiger charge is 2.25. The molecule has 1 heterocycles. The lowest BCUT2D eigenvalue weighted by Crippen LogP contribution is -2.41. The largest absolute Gasteiger partial charge is 0.478 e. The van der Waals surface area contributed by atoms with Gasteiger partial charge < -0.3 is 9.64 Å². The van der Waals surface area contributed by atoms with Crippen LogP contribution in [-0.4, -0.2) is 35.0 Å². The molecule has 5 heteroatoms. The summed E-state index contributed by atoms with van der Waals surface area (Å²) in [5.41, 5.74) is 0. The van der Waals surface area contributed by atoms with Gasteiger partial charge in [0, 0.05) is 24.5 Å². The molecule has 0 N–H and O–H groups in total. The summed E-state index contributed by atoms with van der Waals surface area (Å²) in [4.78, 5) is 10.8. The second-order valence-electron chi connectivity index (χ2n) is 4.47. The summed E-state index contributed by atoms with van der Waals surface area (Å²) >= 11 is 5.80. The van der Waals surface area contributed by atoms with Crippen LogP contribution in [0.2, 0.25) is 0 Å². The highest BCUT2D eigenvalue weighted by atomic mass is 35.5. The van der Waals surface area contributed by atoms with Crippen molar-refractivity contribution in [2.75, 3.05) is 23.9 Å². The molecule has 0 amide bonds. The number of ether oxygens (including phenoxy) is 1. The van der Waals surface area contributed by atoms with E-state index in [1.54, 1.807) is 6.33 Å². The minimum absolute atomic E-state index is 0.609. The van der Waals surface area contributed by atoms with Crippen molar-refractivity contribution < 1.29 is 4.74 Å². The quantitative estimate of drug-likeness (QED) is 0.714. The molecule has 1 aliphatic rings. The standard InChI is InChI=1S/C13H20ClN3O/c1-2-18-13-9-12(15-10-16-13)17(8-4-7-14)11-5-3-6-11/h9-11H,2-8H2,1H3. The molecule has 0 spiro atoms. The molecule has 0 unspecified atom stereocenters. The minimum atomic E-state index is 0.609. The normalized spacial score (nSPS) is 15.2. The van der Waals surface area contributed by atoms with E-state index in [0.717, 1.165) is 18.8 Å². The van der Waals surface area contributed by atoms with E-state index in [2.05, 4.69) is 14.9 Å². The zero-order valence-electron chi connectivity index (χ0n) is 10.8. The van der Waals surface area contributed by atoms with Crippen LogP contribution in [0.25, 0.3) is 0 Å². The molecule has 1 aliphatic carbocycles. The van der Waals surface area contributed by atoms with Crippen molar-refractivity contribution in [2.24, 2.45) is 0 Å². The summed E-state index contributed by atoms with van der Waals surface area (Å²) in [7, 11) is 0. The maximum absolute atomic E-state index is 5.80. The lowest BCUT2D eigenvalue weighted by molar-refractivity contribution is 0.325. The Morgan fingerprint density at radius 2 is 2.28 bits per heavy atom. The topological polar surface area (TPSA) is 38.2 Å². The maximum atomic E-state index is 5.80. The Hall–Kier alpha value is -1.03. The molecule has 1 aromatic rings. The van der Waals surface area contributed by atoms with Crippen molar-refractivity contribution in [3.8, 4) is 5.88 Å². The molecule has 1 saturated carbocycles. The van der Waals surface area contributed by atoms with Gasteiger partial charge >= 0.3 is 0 Å². The average Bonchev–Trinajstić information content (AvgIpc) is 2.33. The van der Waals surface area contributed by atoms with Gasteiger partial charge in [-0.3, -0.25) is 0 Å². The molecule has 1 fully saturated rings. The van der Waals surface area contributed by atoms with Crippen molar-refractivity contribution in [3.05, 3.63) is 12.4 Å². The van der Waals surface area contributed by atoms with Gasteiger partial charge in [0.05, 0.1) is 6.61 Å². The summed E-state index contributed by atoms with van der Waals surface area (Å²) in [6.45, 7) is 3.54. The van der Waals surface area contributed by atoms with Gasteiger partial charge in [0.2, 0.25) is 5.88 Å². The highest BCUT2D eigenvalue weighted by Crippen LogP contribution is 2.29. The van der Waals surface area contributed by atoms with Crippen molar-refractivity contribution in [2.45, 2.75) is 38.6 Å². The van der Waals surface area contributed by atoms with E-state index in [1.165, 1.54) is 19.3 Å². The fourth-order valence-corrected chi connectivity index (χ4v) is 2.25. The molecule has 18 heavy (non-hydrogen) atoms. The number of hydrogen-bond acceptors (Lipinski definition) is 4. The van der Waals surface area contributed by atoms with Gasteiger partial charge in [-0.15, -0.1) is 11.6 Å². The van der Waals surface area contributed by atoms with Crippen LogP contribution < -0.4 is 9.64 Å². The SMILES string of the molecule is CCOc1cc(N(CCCCl)C2CCC2)ncn1. The van der Waals surface area contributed by atoms with E-state index in [9.17, 15) is 0 Å². The maximum Gasteiger partial charge on any atom is 0.218 e. The summed E-state index contributed by atoms with van der Waals surface area (Å²) in [6, 6.07) is 2.54. The van der Waals surface area contributed by atoms with Crippen LogP contribution in [0, 0.1) is 0 Å². The third-order valence-electron chi connectivity index (χ3n) is 3.26. The molecule has 2 rings (SSSR count). The van der Waals surface area contributed by atoms with Crippen LogP contribution in [0.15, 0.2) is 12.4 Å². The summed E-state index contributed by atoms with van der Waals surface area (Å²) in [5, 5.41) is 0. The zero-order chi connectivity index (χ0) is 12.8. The Kier molecular flexibility index (Phi) is 5.05. The second-order valence-corrected chi connectivity index (χ2v) is 4.85. The minimum Gasteiger partial charge on any atom is -0.478 e. The number of halogens is 1. The fraction of sp³-hybridized carbons (Fsp3) is 0.692. The van der Waals surface area contributed by atoms with Gasteiger partial charge in [0.1, 0.15) is 12.1 Å². The molecule has 0 radical (unpaired) electrons. The molecule has 0 aliphatic heterocycles. The van der Waals surface area contributed by atoms with E-state index < -0.39 is 0 Å². The van der Waals surface area contributed by atoms with Crippen LogP contribution >= 0.6 is 11.6 Å². The van der Waals surface area contributed by atoms with Gasteiger partial charge in [-0.05, 0) is 32.6 Å². The van der Waals surface area contributed by atoms with Crippen molar-refractivity contribution in [3.63, 3.8) is 0 Å². The summed E-state index contributed by atoms with van der Waals surface area (Å²) in [5.74, 6) is 2.30. The first-order chi connectivity index (χ1) is 8.85. The molecule has 0 bridgehead atoms. The lowest BCUT2D eigenvalue weighted by Gasteiger charge is -2.38. The Morgan fingerprint density at radius 3 is 2.89 bits per heavy atom. The number of nitrogens with zero attached hydrogens (tertiary/aromatic N) is 3. The van der Waals surface area contributed by atoms with Crippen LogP contribution in [0.5, 0.6) is 5.88 Å². The van der Waals surface area contributed by atoms with Gasteiger partial charge in [-0.2, -0.15) is 0 Å². The third kappa shape index (κ3) is 3.25. The number of aromatic nitrogens is 2. The molecule has 1 aromatic heterocycles. The first kappa shape index (κ1) is 13.4. The smallest absolute Gasteiger partial charge is 0.218 e. The number of anilines is 1. The Bertz CT molecular complexity index is 371. The zero-order valence-corrected chi connectivity index (χ0v) is 11.6. The molecule has 0 aromatic carbocycles. The molecule has 4 nitrogen and oxygen atoms in total. The van der Waals surface area contributed by atoms with E-state index in [-0.39, 0.29) is 0 Å². The van der Waals surface area contributed by atoms with Gasteiger partial charge in [-0.1, -0.05) is 0 Å². The molecule has 0 atom stereocenters. The van der Waals surface area contributed by atoms with Gasteiger partial charge in [0.15, 0.2) is 0 Å². The van der Waals surface area contributed by atoms with Crippen LogP contribution in [0.3, 0.4) is 0 Å². The van der Waals surface area contributed by atoms with Crippen molar-refractivity contribution in [1.29, 1.82) is 0 Å². The summed E-state index contributed by atoms with van der Waals surface area (Å²) < 4.78 is 5.43. The highest BCUT2D eigenvalue weighted by molar-refractivity contribution is 6.17. The van der Waals surface area contributed by atoms with E-state index in [4.69, 9.17) is 16.3 Å². The van der Waals surface area contributed by atoms with Crippen LogP contribution in [0.4, 0.5) is 5.82 Å². The third-order valence-corrected chi connectivity index (χ3v) is 3.53. The molecular formula is C13H20ClN3O. The van der Waals surface area contributed by atoms with Crippen LogP contribution in [-0.2, 0) is 0 Å². The first-order valence-electron chi connectivity index (χ1n) is 6.62. The van der Waals surface area contributed by atoms with E-state index in [1.807, 2.05) is 13.0 Å². The van der Waals surface area contributed by atoms with Crippen molar-refractivity contribution >= 4 is 17.4 Å². The second kappa shape index (κ2) is 6.78. The monoisotopic (exact) mass is 269 g/mol. The van der Waals surface area contributed by atoms with Crippen LogP contribution in [0.1, 0.15) is 32.6 Å². The molecule has 0 saturated heterocycles. The summed E-state index contributed by atoms with van der Waals surface area (Å²) in [6.07, 6.45) is 6.36. The molecule has 100 valence electrons. The molecular weight excluding hydrogens is 250 g/mol. The Morgan fingerprint density at radius 1 is 1.44 bits per heavy atom. The van der Waals surface area contributed by atoms with E-state index in [0.29, 0.717) is 24.4 Å². The van der Waals surface area contributed by atoms with Crippen molar-refractivity contribution in [1.82, 2.24) is 9.97 Å². The first-order valence-corrected chi connectivity index (χ1v) is 7.16. The van der Waals surface area contributed by atoms with Gasteiger partial charge in [-0.25, -0.2) is 9.97 Å². The Labute approximate surface area is 113 Å². The lowest BCUT2D eigenvalue weighted by atomic mass is 9.91. The number of alkyl halides is 1. The predicted molar refractivity (Wildman–Crippen MR) is 73.5 cm³/mol. The number of rotatable bonds is 7. The average molecular weight is 270 g/mol. The number of hydrogen-bond donors (Lipinski definition) is 0.